The first-order valence-corrected chi connectivity index (χ1v) is 10.2. The molecule has 0 aliphatic rings. The van der Waals surface area contributed by atoms with Gasteiger partial charge in [0.15, 0.2) is 0 Å². The van der Waals surface area contributed by atoms with Crippen molar-refractivity contribution in [3.63, 3.8) is 0 Å². The van der Waals surface area contributed by atoms with Crippen molar-refractivity contribution >= 4 is 37.5 Å². The van der Waals surface area contributed by atoms with Crippen molar-refractivity contribution in [1.82, 2.24) is 0 Å². The highest BCUT2D eigenvalue weighted by Crippen LogP contribution is 2.17. The maximum atomic E-state index is 12.2. The summed E-state index contributed by atoms with van der Waals surface area (Å²) in [7, 11) is -8.88. The van der Waals surface area contributed by atoms with E-state index >= 15 is 0 Å². The molecule has 0 heterocycles. The molecule has 0 radical (unpaired) electrons. The minimum atomic E-state index is -4.46. The summed E-state index contributed by atoms with van der Waals surface area (Å²) in [6.07, 6.45) is 1.01. The smallest absolute Gasteiger partial charge is 0.294 e. The Kier molecular flexibility index (Phi) is 6.16. The number of rotatable bonds is 6. The Bertz CT molecular complexity index is 1200. The molecule has 0 aromatic heterocycles. The van der Waals surface area contributed by atoms with Crippen LogP contribution in [0.2, 0.25) is 0 Å². The maximum Gasteiger partial charge on any atom is 0.294 e. The minimum Gasteiger partial charge on any atom is -0.360 e. The van der Waals surface area contributed by atoms with Crippen LogP contribution in [-0.2, 0) is 25.0 Å². The van der Waals surface area contributed by atoms with E-state index in [0.29, 0.717) is 0 Å². The summed E-state index contributed by atoms with van der Waals surface area (Å²) in [6.45, 7) is 0. The molecule has 12 heteroatoms. The molecule has 0 spiro atoms. The van der Waals surface area contributed by atoms with Crippen LogP contribution in [0.5, 0.6) is 0 Å². The van der Waals surface area contributed by atoms with Gasteiger partial charge in [0.25, 0.3) is 26.1 Å². The molecule has 0 aliphatic heterocycles. The number of anilines is 2. The third-order valence-electron chi connectivity index (χ3n) is 3.27. The fourth-order valence-electron chi connectivity index (χ4n) is 1.98. The van der Waals surface area contributed by atoms with Gasteiger partial charge in [-0.25, -0.2) is 0 Å². The molecule has 4 N–H and O–H groups in total. The minimum absolute atomic E-state index is 0.0228. The van der Waals surface area contributed by atoms with Crippen LogP contribution in [0.4, 0.5) is 11.4 Å². The van der Waals surface area contributed by atoms with Crippen LogP contribution in [0.25, 0.3) is 0 Å². The van der Waals surface area contributed by atoms with Crippen molar-refractivity contribution in [2.75, 3.05) is 10.6 Å². The van der Waals surface area contributed by atoms with Crippen LogP contribution in [-0.4, -0.2) is 31.8 Å². The zero-order chi connectivity index (χ0) is 20.9. The van der Waals surface area contributed by atoms with Crippen molar-refractivity contribution in [3.8, 4) is 6.07 Å². The second kappa shape index (κ2) is 8.19. The molecule has 10 nitrogen and oxygen atoms in total. The second-order valence-electron chi connectivity index (χ2n) is 5.27. The largest absolute Gasteiger partial charge is 0.360 e. The van der Waals surface area contributed by atoms with Crippen LogP contribution in [0, 0.1) is 11.3 Å². The van der Waals surface area contributed by atoms with Gasteiger partial charge in [0.1, 0.15) is 11.6 Å². The van der Waals surface area contributed by atoms with Crippen molar-refractivity contribution in [2.45, 2.75) is 9.79 Å². The zero-order valence-electron chi connectivity index (χ0n) is 13.9. The van der Waals surface area contributed by atoms with Crippen molar-refractivity contribution in [1.29, 1.82) is 5.26 Å². The van der Waals surface area contributed by atoms with Crippen molar-refractivity contribution in [3.05, 3.63) is 60.3 Å². The number of benzene rings is 2. The predicted octanol–water partition coefficient (Wildman–Crippen LogP) is 1.64. The number of carbonyl (C=O) groups is 1. The molecule has 0 saturated carbocycles. The fraction of sp³-hybridized carbons (Fsp3) is 0. The first-order chi connectivity index (χ1) is 13.0. The first-order valence-electron chi connectivity index (χ1n) is 7.34. The van der Waals surface area contributed by atoms with Gasteiger partial charge in [-0.3, -0.25) is 13.9 Å². The summed E-state index contributed by atoms with van der Waals surface area (Å²) in [5, 5.41) is 14.0. The van der Waals surface area contributed by atoms with E-state index in [9.17, 15) is 21.6 Å². The summed E-state index contributed by atoms with van der Waals surface area (Å²) >= 11 is 0. The van der Waals surface area contributed by atoms with E-state index in [2.05, 4.69) is 10.6 Å². The van der Waals surface area contributed by atoms with Crippen LogP contribution in [0.15, 0.2) is 70.1 Å². The number of carbonyl (C=O) groups excluding carboxylic acids is 1. The Morgan fingerprint density at radius 3 is 1.93 bits per heavy atom. The van der Waals surface area contributed by atoms with E-state index in [-0.39, 0.29) is 16.3 Å². The monoisotopic (exact) mass is 423 g/mol. The van der Waals surface area contributed by atoms with E-state index in [0.717, 1.165) is 30.5 Å². The lowest BCUT2D eigenvalue weighted by molar-refractivity contribution is -0.112. The quantitative estimate of drug-likeness (QED) is 0.306. The standard InChI is InChI=1S/C16H13N3O7S2/c17-9-11(10-18-12-3-1-5-14(7-12)27(21,22)23)16(20)19-13-4-2-6-15(8-13)28(24,25)26/h1-8,10,18H,(H,19,20)(H,21,22,23)(H,24,25,26)/b11-10-. The highest BCUT2D eigenvalue weighted by Gasteiger charge is 2.14. The Labute approximate surface area is 160 Å². The SMILES string of the molecule is N#C/C(=C/Nc1cccc(S(=O)(=O)O)c1)C(=O)Nc1cccc(S(=O)(=O)O)c1. The van der Waals surface area contributed by atoms with Gasteiger partial charge in [0, 0.05) is 17.6 Å². The normalized spacial score (nSPS) is 12.1. The van der Waals surface area contributed by atoms with Crippen molar-refractivity contribution < 1.29 is 30.7 Å². The van der Waals surface area contributed by atoms with E-state index in [1.54, 1.807) is 6.07 Å². The number of amides is 1. The number of hydrogen-bond donors (Lipinski definition) is 4. The summed E-state index contributed by atoms with van der Waals surface area (Å²) in [5.41, 5.74) is -0.201. The lowest BCUT2D eigenvalue weighted by Gasteiger charge is -2.07. The summed E-state index contributed by atoms with van der Waals surface area (Å²) in [6, 6.07) is 11.4. The van der Waals surface area contributed by atoms with Gasteiger partial charge < -0.3 is 10.6 Å². The van der Waals surface area contributed by atoms with E-state index in [4.69, 9.17) is 14.4 Å². The molecule has 2 rings (SSSR count). The lowest BCUT2D eigenvalue weighted by Crippen LogP contribution is -2.15. The van der Waals surface area contributed by atoms with Gasteiger partial charge in [0.2, 0.25) is 0 Å². The summed E-state index contributed by atoms with van der Waals surface area (Å²) < 4.78 is 62.5. The molecule has 28 heavy (non-hydrogen) atoms. The van der Waals surface area contributed by atoms with Gasteiger partial charge in [-0.15, -0.1) is 0 Å². The van der Waals surface area contributed by atoms with E-state index < -0.39 is 36.6 Å². The molecule has 0 atom stereocenters. The molecule has 0 aliphatic carbocycles. The van der Waals surface area contributed by atoms with Gasteiger partial charge in [-0.05, 0) is 36.4 Å². The molecule has 0 unspecified atom stereocenters. The molecule has 0 fully saturated rings. The third-order valence-corrected chi connectivity index (χ3v) is 4.97. The Morgan fingerprint density at radius 1 is 0.929 bits per heavy atom. The van der Waals surface area contributed by atoms with Crippen LogP contribution in [0.1, 0.15) is 0 Å². The summed E-state index contributed by atoms with van der Waals surface area (Å²) in [4.78, 5) is 11.3. The highest BCUT2D eigenvalue weighted by molar-refractivity contribution is 7.86. The topological polar surface area (TPSA) is 174 Å². The Hall–Kier alpha value is -3.24. The highest BCUT2D eigenvalue weighted by atomic mass is 32.2. The molecule has 0 bridgehead atoms. The molecular formula is C16H13N3O7S2. The number of nitrogens with one attached hydrogen (secondary N) is 2. The number of nitrogens with zero attached hydrogens (tertiary/aromatic N) is 1. The Balaban J connectivity index is 2.19. The maximum absolute atomic E-state index is 12.2. The van der Waals surface area contributed by atoms with E-state index in [1.807, 2.05) is 0 Å². The molecule has 2 aromatic carbocycles. The lowest BCUT2D eigenvalue weighted by atomic mass is 10.2. The van der Waals surface area contributed by atoms with Crippen LogP contribution >= 0.6 is 0 Å². The van der Waals surface area contributed by atoms with Gasteiger partial charge in [-0.1, -0.05) is 12.1 Å². The zero-order valence-corrected chi connectivity index (χ0v) is 15.5. The van der Waals surface area contributed by atoms with Crippen molar-refractivity contribution in [2.24, 2.45) is 0 Å². The van der Waals surface area contributed by atoms with Crippen LogP contribution < -0.4 is 10.6 Å². The summed E-state index contributed by atoms with van der Waals surface area (Å²) in [5.74, 6) is -0.881. The molecule has 146 valence electrons. The predicted molar refractivity (Wildman–Crippen MR) is 98.5 cm³/mol. The fourth-order valence-corrected chi connectivity index (χ4v) is 3.04. The van der Waals surface area contributed by atoms with Gasteiger partial charge in [0.05, 0.1) is 9.79 Å². The first kappa shape index (κ1) is 21.1. The van der Waals surface area contributed by atoms with E-state index in [1.165, 1.54) is 24.3 Å². The number of nitriles is 1. The van der Waals surface area contributed by atoms with Crippen LogP contribution in [0.3, 0.4) is 0 Å². The second-order valence-corrected chi connectivity index (χ2v) is 8.12. The Morgan fingerprint density at radius 2 is 1.43 bits per heavy atom. The molecule has 0 saturated heterocycles. The number of hydrogen-bond acceptors (Lipinski definition) is 7. The molecule has 2 aromatic rings. The molecular weight excluding hydrogens is 410 g/mol. The average Bonchev–Trinajstić information content (AvgIpc) is 2.61. The molecule has 1 amide bonds. The third kappa shape index (κ3) is 5.63. The van der Waals surface area contributed by atoms with Gasteiger partial charge >= 0.3 is 0 Å². The average molecular weight is 423 g/mol. The van der Waals surface area contributed by atoms with Gasteiger partial charge in [-0.2, -0.15) is 22.1 Å².